The Balaban J connectivity index is 2.01. The van der Waals surface area contributed by atoms with E-state index in [1.165, 1.54) is 19.2 Å². The van der Waals surface area contributed by atoms with Gasteiger partial charge in [0.15, 0.2) is 6.54 Å². The first-order valence-corrected chi connectivity index (χ1v) is 7.99. The Kier molecular flexibility index (Phi) is 6.17. The zero-order chi connectivity index (χ0) is 17.7. The second-order valence-electron chi connectivity index (χ2n) is 5.69. The van der Waals surface area contributed by atoms with E-state index in [9.17, 15) is 9.18 Å². The minimum atomic E-state index is -0.269. The predicted molar refractivity (Wildman–Crippen MR) is 93.2 cm³/mol. The number of benzene rings is 2. The average molecular weight is 352 g/mol. The zero-order valence-electron chi connectivity index (χ0n) is 13.9. The molecule has 0 spiro atoms. The highest BCUT2D eigenvalue weighted by molar-refractivity contribution is 6.31. The molecule has 2 N–H and O–H groups in total. The van der Waals surface area contributed by atoms with E-state index in [1.54, 1.807) is 30.3 Å². The SMILES string of the molecule is COc1ccc(Cl)cc1NC(=O)C[NH+](C)[C@H](C)c1ccc(F)cc1. The Bertz CT molecular complexity index is 707. The van der Waals surface area contributed by atoms with Gasteiger partial charge in [-0.25, -0.2) is 4.39 Å². The van der Waals surface area contributed by atoms with E-state index < -0.39 is 0 Å². The smallest absolute Gasteiger partial charge is 0.279 e. The number of amides is 1. The fraction of sp³-hybridized carbons (Fsp3) is 0.278. The fourth-order valence-electron chi connectivity index (χ4n) is 2.41. The number of carbonyl (C=O) groups is 1. The topological polar surface area (TPSA) is 42.8 Å². The fourth-order valence-corrected chi connectivity index (χ4v) is 2.59. The van der Waals surface area contributed by atoms with Crippen LogP contribution in [0.5, 0.6) is 5.75 Å². The van der Waals surface area contributed by atoms with Crippen molar-refractivity contribution in [1.82, 2.24) is 0 Å². The van der Waals surface area contributed by atoms with Crippen molar-refractivity contribution < 1.29 is 18.8 Å². The van der Waals surface area contributed by atoms with Gasteiger partial charge in [0.25, 0.3) is 5.91 Å². The van der Waals surface area contributed by atoms with Gasteiger partial charge in [-0.1, -0.05) is 23.7 Å². The summed E-state index contributed by atoms with van der Waals surface area (Å²) in [5.74, 6) is 0.133. The molecule has 2 rings (SSSR count). The highest BCUT2D eigenvalue weighted by Gasteiger charge is 2.19. The van der Waals surface area contributed by atoms with Crippen LogP contribution in [0.1, 0.15) is 18.5 Å². The zero-order valence-corrected chi connectivity index (χ0v) is 14.7. The highest BCUT2D eigenvalue weighted by Crippen LogP contribution is 2.27. The number of rotatable bonds is 6. The summed E-state index contributed by atoms with van der Waals surface area (Å²) < 4.78 is 18.2. The Hall–Kier alpha value is -2.11. The van der Waals surface area contributed by atoms with Crippen LogP contribution >= 0.6 is 11.6 Å². The van der Waals surface area contributed by atoms with Gasteiger partial charge < -0.3 is 15.0 Å². The first-order valence-electron chi connectivity index (χ1n) is 7.62. The van der Waals surface area contributed by atoms with E-state index in [4.69, 9.17) is 16.3 Å². The third-order valence-corrected chi connectivity index (χ3v) is 4.22. The number of ether oxygens (including phenoxy) is 1. The number of halogens is 2. The van der Waals surface area contributed by atoms with Crippen molar-refractivity contribution in [2.75, 3.05) is 26.0 Å². The second kappa shape index (κ2) is 8.13. The van der Waals surface area contributed by atoms with Crippen LogP contribution in [0.15, 0.2) is 42.5 Å². The van der Waals surface area contributed by atoms with Crippen molar-refractivity contribution in [2.45, 2.75) is 13.0 Å². The normalized spacial score (nSPS) is 13.2. The van der Waals surface area contributed by atoms with Crippen LogP contribution in [0.2, 0.25) is 5.02 Å². The van der Waals surface area contributed by atoms with Gasteiger partial charge in [-0.05, 0) is 37.3 Å². The lowest BCUT2D eigenvalue weighted by Gasteiger charge is -2.22. The average Bonchev–Trinajstić information content (AvgIpc) is 2.55. The van der Waals surface area contributed by atoms with E-state index >= 15 is 0 Å². The summed E-state index contributed by atoms with van der Waals surface area (Å²) in [6.07, 6.45) is 0. The first kappa shape index (κ1) is 18.2. The number of quaternary nitrogens is 1. The molecule has 2 aromatic carbocycles. The van der Waals surface area contributed by atoms with Crippen LogP contribution in [0.3, 0.4) is 0 Å². The number of hydrogen-bond donors (Lipinski definition) is 2. The van der Waals surface area contributed by atoms with Crippen LogP contribution < -0.4 is 15.0 Å². The first-order chi connectivity index (χ1) is 11.4. The van der Waals surface area contributed by atoms with Crippen molar-refractivity contribution >= 4 is 23.2 Å². The van der Waals surface area contributed by atoms with Crippen molar-refractivity contribution in [3.05, 3.63) is 58.9 Å². The molecule has 0 radical (unpaired) electrons. The molecule has 2 aromatic rings. The molecule has 0 saturated heterocycles. The Labute approximate surface area is 146 Å². The van der Waals surface area contributed by atoms with E-state index in [2.05, 4.69) is 5.32 Å². The second-order valence-corrected chi connectivity index (χ2v) is 6.13. The number of nitrogens with one attached hydrogen (secondary N) is 2. The number of carbonyl (C=O) groups excluding carboxylic acids is 1. The predicted octanol–water partition coefficient (Wildman–Crippen LogP) is 2.70. The van der Waals surface area contributed by atoms with Gasteiger partial charge in [-0.15, -0.1) is 0 Å². The molecule has 1 unspecified atom stereocenters. The monoisotopic (exact) mass is 351 g/mol. The molecule has 0 bridgehead atoms. The molecule has 128 valence electrons. The summed E-state index contributed by atoms with van der Waals surface area (Å²) in [6.45, 7) is 2.25. The highest BCUT2D eigenvalue weighted by atomic mass is 35.5. The van der Waals surface area contributed by atoms with E-state index in [1.807, 2.05) is 14.0 Å². The third kappa shape index (κ3) is 4.69. The summed E-state index contributed by atoms with van der Waals surface area (Å²) in [5.41, 5.74) is 1.51. The number of likely N-dealkylation sites (N-methyl/N-ethyl adjacent to an activating group) is 1. The lowest BCUT2D eigenvalue weighted by Crippen LogP contribution is -3.10. The van der Waals surface area contributed by atoms with E-state index in [0.717, 1.165) is 10.5 Å². The quantitative estimate of drug-likeness (QED) is 0.840. The lowest BCUT2D eigenvalue weighted by atomic mass is 10.1. The van der Waals surface area contributed by atoms with Crippen molar-refractivity contribution in [1.29, 1.82) is 0 Å². The molecule has 2 atom stereocenters. The Morgan fingerprint density at radius 2 is 1.96 bits per heavy atom. The maximum atomic E-state index is 13.0. The molecule has 0 aromatic heterocycles. The van der Waals surface area contributed by atoms with Crippen LogP contribution in [-0.2, 0) is 4.79 Å². The largest absolute Gasteiger partial charge is 0.495 e. The molecule has 4 nitrogen and oxygen atoms in total. The molecular weight excluding hydrogens is 331 g/mol. The van der Waals surface area contributed by atoms with Crippen LogP contribution in [0.25, 0.3) is 0 Å². The van der Waals surface area contributed by atoms with Crippen LogP contribution in [0, 0.1) is 5.82 Å². The van der Waals surface area contributed by atoms with E-state index in [-0.39, 0.29) is 24.3 Å². The van der Waals surface area contributed by atoms with Crippen molar-refractivity contribution in [2.24, 2.45) is 0 Å². The summed E-state index contributed by atoms with van der Waals surface area (Å²) >= 11 is 5.96. The van der Waals surface area contributed by atoms with Gasteiger partial charge in [0, 0.05) is 10.6 Å². The molecule has 0 aliphatic carbocycles. The summed E-state index contributed by atoms with van der Waals surface area (Å²) in [4.78, 5) is 13.3. The van der Waals surface area contributed by atoms with Crippen LogP contribution in [0.4, 0.5) is 10.1 Å². The van der Waals surface area contributed by atoms with Crippen molar-refractivity contribution in [3.63, 3.8) is 0 Å². The molecule has 1 amide bonds. The molecule has 0 aliphatic heterocycles. The maximum absolute atomic E-state index is 13.0. The van der Waals surface area contributed by atoms with Gasteiger partial charge in [0.2, 0.25) is 0 Å². The molecule has 6 heteroatoms. The maximum Gasteiger partial charge on any atom is 0.279 e. The Morgan fingerprint density at radius 1 is 1.29 bits per heavy atom. The summed E-state index contributed by atoms with van der Waals surface area (Å²) in [6, 6.07) is 11.4. The summed E-state index contributed by atoms with van der Waals surface area (Å²) in [7, 11) is 3.45. The minimum Gasteiger partial charge on any atom is -0.495 e. The van der Waals surface area contributed by atoms with Gasteiger partial charge >= 0.3 is 0 Å². The standard InChI is InChI=1S/C18H20ClFN2O2/c1-12(13-4-7-15(20)8-5-13)22(2)11-18(23)21-16-10-14(19)6-9-17(16)24-3/h4-10,12H,11H2,1-3H3,(H,21,23)/p+1/t12-/m1/s1. The van der Waals surface area contributed by atoms with Gasteiger partial charge in [-0.2, -0.15) is 0 Å². The van der Waals surface area contributed by atoms with Crippen LogP contribution in [-0.4, -0.2) is 26.6 Å². The number of hydrogen-bond acceptors (Lipinski definition) is 2. The molecule has 0 aliphatic rings. The molecule has 24 heavy (non-hydrogen) atoms. The Morgan fingerprint density at radius 3 is 2.58 bits per heavy atom. The molecule has 0 heterocycles. The molecule has 0 fully saturated rings. The lowest BCUT2D eigenvalue weighted by molar-refractivity contribution is -0.902. The minimum absolute atomic E-state index is 0.0533. The van der Waals surface area contributed by atoms with Gasteiger partial charge in [-0.3, -0.25) is 4.79 Å². The number of anilines is 1. The van der Waals surface area contributed by atoms with Gasteiger partial charge in [0.05, 0.1) is 19.8 Å². The summed E-state index contributed by atoms with van der Waals surface area (Å²) in [5, 5.41) is 3.34. The van der Waals surface area contributed by atoms with Crippen molar-refractivity contribution in [3.8, 4) is 5.75 Å². The third-order valence-electron chi connectivity index (χ3n) is 3.98. The van der Waals surface area contributed by atoms with Gasteiger partial charge in [0.1, 0.15) is 17.6 Å². The molecule has 0 saturated carbocycles. The molecular formula is C18H21ClFN2O2+. The van der Waals surface area contributed by atoms with E-state index in [0.29, 0.717) is 16.5 Å². The number of methoxy groups -OCH3 is 1.